The minimum atomic E-state index is -4.56. The summed E-state index contributed by atoms with van der Waals surface area (Å²) in [6.07, 6.45) is -0.384. The number of anilines is 1. The largest absolute Gasteiger partial charge is 0.434 e. The van der Waals surface area contributed by atoms with Gasteiger partial charge in [0.1, 0.15) is 17.0 Å². The number of amides is 1. The van der Waals surface area contributed by atoms with Crippen LogP contribution >= 0.6 is 0 Å². The number of nitrogens with two attached hydrogens (primary N) is 1. The number of benzene rings is 1. The van der Waals surface area contributed by atoms with Gasteiger partial charge >= 0.3 is 6.18 Å². The summed E-state index contributed by atoms with van der Waals surface area (Å²) in [7, 11) is 1.66. The monoisotopic (exact) mass is 495 g/mol. The Morgan fingerprint density at radius 2 is 2.00 bits per heavy atom. The lowest BCUT2D eigenvalue weighted by Crippen LogP contribution is -2.37. The van der Waals surface area contributed by atoms with E-state index < -0.39 is 17.9 Å². The van der Waals surface area contributed by atoms with E-state index in [-0.39, 0.29) is 24.8 Å². The second-order valence-electron chi connectivity index (χ2n) is 8.84. The predicted octanol–water partition coefficient (Wildman–Crippen LogP) is 3.78. The van der Waals surface area contributed by atoms with Crippen molar-refractivity contribution in [2.45, 2.75) is 25.7 Å². The van der Waals surface area contributed by atoms with Crippen LogP contribution < -0.4 is 5.73 Å². The molecule has 0 fully saturated rings. The smallest absolute Gasteiger partial charge is 0.382 e. The molecule has 184 valence electrons. The highest BCUT2D eigenvalue weighted by Gasteiger charge is 2.36. The quantitative estimate of drug-likeness (QED) is 0.400. The minimum absolute atomic E-state index is 0.111. The Hall–Kier alpha value is -4.19. The van der Waals surface area contributed by atoms with E-state index in [1.807, 2.05) is 6.92 Å². The second kappa shape index (κ2) is 7.65. The van der Waals surface area contributed by atoms with Crippen LogP contribution in [-0.4, -0.2) is 48.2 Å². The molecule has 4 aromatic heterocycles. The third kappa shape index (κ3) is 3.28. The van der Waals surface area contributed by atoms with Gasteiger partial charge < -0.3 is 19.8 Å². The number of likely N-dealkylation sites (N-methyl/N-ethyl adjacent to an activating group) is 1. The number of carbonyl (C=O) groups is 1. The summed E-state index contributed by atoms with van der Waals surface area (Å²) < 4.78 is 48.6. The third-order valence-corrected chi connectivity index (χ3v) is 6.67. The van der Waals surface area contributed by atoms with Crippen molar-refractivity contribution in [3.05, 3.63) is 71.1 Å². The van der Waals surface area contributed by atoms with Crippen molar-refractivity contribution in [1.82, 2.24) is 28.7 Å². The fraction of sp³-hybridized carbons (Fsp3) is 0.250. The summed E-state index contributed by atoms with van der Waals surface area (Å²) in [6, 6.07) is 6.28. The third-order valence-electron chi connectivity index (χ3n) is 6.67. The molecule has 1 aliphatic heterocycles. The maximum atomic E-state index is 13.7. The number of carbonyl (C=O) groups excluding carboxylic acids is 1. The van der Waals surface area contributed by atoms with Crippen molar-refractivity contribution in [1.29, 1.82) is 0 Å². The van der Waals surface area contributed by atoms with E-state index in [0.717, 1.165) is 6.20 Å². The second-order valence-corrected chi connectivity index (χ2v) is 8.84. The highest BCUT2D eigenvalue weighted by atomic mass is 19.4. The van der Waals surface area contributed by atoms with Crippen molar-refractivity contribution in [2.75, 3.05) is 19.4 Å². The fourth-order valence-corrected chi connectivity index (χ4v) is 4.79. The van der Waals surface area contributed by atoms with Crippen LogP contribution in [0.1, 0.15) is 38.9 Å². The Kier molecular flexibility index (Phi) is 4.74. The highest BCUT2D eigenvalue weighted by Crippen LogP contribution is 2.34. The average molecular weight is 495 g/mol. The van der Waals surface area contributed by atoms with Gasteiger partial charge in [0.2, 0.25) is 0 Å². The number of rotatable bonds is 2. The molecule has 1 atom stereocenters. The molecule has 0 aliphatic carbocycles. The van der Waals surface area contributed by atoms with E-state index >= 15 is 0 Å². The number of halogens is 3. The fourth-order valence-electron chi connectivity index (χ4n) is 4.79. The van der Waals surface area contributed by atoms with Gasteiger partial charge in [0, 0.05) is 18.8 Å². The standard InChI is InChI=1S/C24H20F3N7O2/c1-12-5-15-16(34-11-29-7-17(34)22(28)30-15)6-14(12)23(35)32(2)18-9-36-10-19-13(18)3-4-21-31-20(8-33(19)21)24(25,26)27/h3-8,11,18H,9-10H2,1-2H3,(H2,28,30). The number of hydrogen-bond donors (Lipinski definition) is 1. The molecule has 0 bridgehead atoms. The van der Waals surface area contributed by atoms with Gasteiger partial charge in [0.25, 0.3) is 5.91 Å². The zero-order valence-electron chi connectivity index (χ0n) is 19.2. The van der Waals surface area contributed by atoms with E-state index in [1.165, 1.54) is 10.5 Å². The van der Waals surface area contributed by atoms with E-state index in [9.17, 15) is 18.0 Å². The van der Waals surface area contributed by atoms with Gasteiger partial charge in [-0.05, 0) is 36.2 Å². The first-order valence-electron chi connectivity index (χ1n) is 11.1. The Morgan fingerprint density at radius 3 is 2.78 bits per heavy atom. The number of nitrogen functional groups attached to an aromatic ring is 1. The lowest BCUT2D eigenvalue weighted by Gasteiger charge is -2.33. The van der Waals surface area contributed by atoms with E-state index in [0.29, 0.717) is 44.8 Å². The molecule has 6 rings (SSSR count). The van der Waals surface area contributed by atoms with Gasteiger partial charge in [0.05, 0.1) is 48.5 Å². The average Bonchev–Trinajstić information content (AvgIpc) is 3.50. The Balaban J connectivity index is 1.41. The first kappa shape index (κ1) is 22.3. The molecule has 5 heterocycles. The van der Waals surface area contributed by atoms with Crippen molar-refractivity contribution in [3.8, 4) is 0 Å². The molecule has 0 saturated heterocycles. The number of aromatic nitrogens is 5. The van der Waals surface area contributed by atoms with E-state index in [2.05, 4.69) is 15.0 Å². The van der Waals surface area contributed by atoms with Gasteiger partial charge in [-0.1, -0.05) is 6.07 Å². The van der Waals surface area contributed by atoms with E-state index in [4.69, 9.17) is 10.5 Å². The maximum absolute atomic E-state index is 13.7. The molecule has 9 nitrogen and oxygen atoms in total. The summed E-state index contributed by atoms with van der Waals surface area (Å²) in [5.41, 5.74) is 9.58. The zero-order valence-corrected chi connectivity index (χ0v) is 19.2. The lowest BCUT2D eigenvalue weighted by atomic mass is 10.00. The van der Waals surface area contributed by atoms with Gasteiger partial charge in [0.15, 0.2) is 5.69 Å². The number of ether oxygens (including phenoxy) is 1. The first-order valence-corrected chi connectivity index (χ1v) is 11.1. The summed E-state index contributed by atoms with van der Waals surface area (Å²) in [4.78, 5) is 27.5. The topological polar surface area (TPSA) is 103 Å². The molecule has 0 saturated carbocycles. The van der Waals surface area contributed by atoms with Crippen LogP contribution in [0.15, 0.2) is 43.0 Å². The van der Waals surface area contributed by atoms with Crippen LogP contribution in [0.25, 0.3) is 22.2 Å². The van der Waals surface area contributed by atoms with Crippen LogP contribution in [0.3, 0.4) is 0 Å². The first-order chi connectivity index (χ1) is 17.1. The number of aryl methyl sites for hydroxylation is 1. The number of hydrogen-bond acceptors (Lipinski definition) is 6. The normalized spacial score (nSPS) is 16.1. The summed E-state index contributed by atoms with van der Waals surface area (Å²) in [5, 5.41) is 0. The predicted molar refractivity (Wildman–Crippen MR) is 124 cm³/mol. The summed E-state index contributed by atoms with van der Waals surface area (Å²) >= 11 is 0. The van der Waals surface area contributed by atoms with E-state index in [1.54, 1.807) is 47.1 Å². The van der Waals surface area contributed by atoms with Crippen LogP contribution in [0.2, 0.25) is 0 Å². The molecule has 2 N–H and O–H groups in total. The Labute approximate surface area is 201 Å². The molecule has 0 radical (unpaired) electrons. The molecule has 1 amide bonds. The summed E-state index contributed by atoms with van der Waals surface area (Å²) in [5.74, 6) is 0.0775. The SMILES string of the molecule is Cc1cc2nc(N)c3cncn3c2cc1C(=O)N(C)C1COCc2c1ccc1nc(C(F)(F)F)cn21. The van der Waals surface area contributed by atoms with Crippen LogP contribution in [-0.2, 0) is 17.5 Å². The highest BCUT2D eigenvalue weighted by molar-refractivity contribution is 5.99. The van der Waals surface area contributed by atoms with Gasteiger partial charge in [-0.2, -0.15) is 13.2 Å². The van der Waals surface area contributed by atoms with Crippen molar-refractivity contribution >= 4 is 33.9 Å². The van der Waals surface area contributed by atoms with Gasteiger partial charge in [-0.25, -0.2) is 15.0 Å². The zero-order chi connectivity index (χ0) is 25.4. The number of fused-ring (bicyclic) bond motifs is 6. The Bertz CT molecular complexity index is 1690. The van der Waals surface area contributed by atoms with Crippen LogP contribution in [0, 0.1) is 6.92 Å². The van der Waals surface area contributed by atoms with Gasteiger partial charge in [-0.3, -0.25) is 9.20 Å². The van der Waals surface area contributed by atoms with Crippen molar-refractivity contribution in [3.63, 3.8) is 0 Å². The number of nitrogens with zero attached hydrogens (tertiary/aromatic N) is 6. The van der Waals surface area contributed by atoms with Crippen molar-refractivity contribution < 1.29 is 22.7 Å². The molecule has 1 aromatic carbocycles. The lowest BCUT2D eigenvalue weighted by molar-refractivity contribution is -0.140. The number of imidazole rings is 2. The van der Waals surface area contributed by atoms with Gasteiger partial charge in [-0.15, -0.1) is 0 Å². The molecule has 5 aromatic rings. The number of pyridine rings is 1. The number of alkyl halides is 3. The Morgan fingerprint density at radius 1 is 1.19 bits per heavy atom. The maximum Gasteiger partial charge on any atom is 0.434 e. The molecule has 1 unspecified atom stereocenters. The molecule has 12 heteroatoms. The molecule has 1 aliphatic rings. The molecular weight excluding hydrogens is 475 g/mol. The van der Waals surface area contributed by atoms with Crippen molar-refractivity contribution in [2.24, 2.45) is 0 Å². The molecule has 36 heavy (non-hydrogen) atoms. The minimum Gasteiger partial charge on any atom is -0.382 e. The van der Waals surface area contributed by atoms with Crippen LogP contribution in [0.5, 0.6) is 0 Å². The molecule has 0 spiro atoms. The molecular formula is C24H20F3N7O2. The summed E-state index contributed by atoms with van der Waals surface area (Å²) in [6.45, 7) is 2.13. The van der Waals surface area contributed by atoms with Crippen LogP contribution in [0.4, 0.5) is 19.0 Å².